The fourth-order valence-electron chi connectivity index (χ4n) is 3.87. The molecule has 3 heterocycles. The standard InChI is InChI=1S/C21H24N4O2/c1-15-10-20-22-18(12-21(27)25(20)23-15)14-24-9-5-8-17(13-24)19(26)11-16-6-3-2-4-7-16/h2-4,6-7,10,12,17,23H,5,8-9,11,13-14H2,1H3/t17-/m0/s1. The first-order chi connectivity index (χ1) is 13.1. The number of benzene rings is 1. The minimum Gasteiger partial charge on any atom is -0.299 e. The molecule has 2 aromatic heterocycles. The van der Waals surface area contributed by atoms with Crippen molar-refractivity contribution in [2.75, 3.05) is 13.1 Å². The summed E-state index contributed by atoms with van der Waals surface area (Å²) in [6, 6.07) is 13.4. The minimum absolute atomic E-state index is 0.0540. The molecule has 4 rings (SSSR count). The number of nitrogens with zero attached hydrogens (tertiary/aromatic N) is 3. The van der Waals surface area contributed by atoms with Crippen LogP contribution in [0.3, 0.4) is 0 Å². The Morgan fingerprint density at radius 2 is 2.07 bits per heavy atom. The molecule has 140 valence electrons. The molecule has 3 aromatic rings. The van der Waals surface area contributed by atoms with Crippen LogP contribution in [0.1, 0.15) is 29.8 Å². The SMILES string of the molecule is Cc1cc2nc(CN3CCC[C@H](C(=O)Cc4ccccc4)C3)cc(=O)n2[nH]1. The summed E-state index contributed by atoms with van der Waals surface area (Å²) in [4.78, 5) is 31.8. The molecular formula is C21H24N4O2. The van der Waals surface area contributed by atoms with E-state index < -0.39 is 0 Å². The Morgan fingerprint density at radius 3 is 2.89 bits per heavy atom. The predicted molar refractivity (Wildman–Crippen MR) is 104 cm³/mol. The van der Waals surface area contributed by atoms with Gasteiger partial charge in [-0.15, -0.1) is 0 Å². The van der Waals surface area contributed by atoms with Crippen LogP contribution in [0.2, 0.25) is 0 Å². The van der Waals surface area contributed by atoms with Crippen LogP contribution in [0.25, 0.3) is 5.65 Å². The summed E-state index contributed by atoms with van der Waals surface area (Å²) >= 11 is 0. The van der Waals surface area contributed by atoms with Gasteiger partial charge >= 0.3 is 0 Å². The molecular weight excluding hydrogens is 340 g/mol. The van der Waals surface area contributed by atoms with Crippen LogP contribution < -0.4 is 5.56 Å². The smallest absolute Gasteiger partial charge is 0.272 e. The fourth-order valence-corrected chi connectivity index (χ4v) is 3.87. The quantitative estimate of drug-likeness (QED) is 0.754. The van der Waals surface area contributed by atoms with Gasteiger partial charge in [0.2, 0.25) is 0 Å². The number of Topliss-reactive ketones (excluding diaryl/α,β-unsaturated/α-hetero) is 1. The maximum absolute atomic E-state index is 12.7. The van der Waals surface area contributed by atoms with Gasteiger partial charge in [-0.25, -0.2) is 9.50 Å². The third kappa shape index (κ3) is 4.01. The lowest BCUT2D eigenvalue weighted by Gasteiger charge is -2.31. The lowest BCUT2D eigenvalue weighted by molar-refractivity contribution is -0.124. The molecule has 0 aliphatic carbocycles. The van der Waals surface area contributed by atoms with Gasteiger partial charge in [-0.2, -0.15) is 0 Å². The maximum atomic E-state index is 12.7. The average Bonchev–Trinajstić information content (AvgIpc) is 3.04. The average molecular weight is 364 g/mol. The van der Waals surface area contributed by atoms with Gasteiger partial charge in [0.05, 0.1) is 5.69 Å². The van der Waals surface area contributed by atoms with E-state index in [2.05, 4.69) is 15.0 Å². The number of fused-ring (bicyclic) bond motifs is 1. The van der Waals surface area contributed by atoms with E-state index in [0.29, 0.717) is 24.4 Å². The number of carbonyl (C=O) groups is 1. The zero-order chi connectivity index (χ0) is 18.8. The van der Waals surface area contributed by atoms with Gasteiger partial charge in [-0.3, -0.25) is 19.6 Å². The summed E-state index contributed by atoms with van der Waals surface area (Å²) in [5.41, 5.74) is 3.28. The summed E-state index contributed by atoms with van der Waals surface area (Å²) in [7, 11) is 0. The van der Waals surface area contributed by atoms with Crippen molar-refractivity contribution in [2.45, 2.75) is 32.7 Å². The highest BCUT2D eigenvalue weighted by Crippen LogP contribution is 2.20. The molecule has 6 nitrogen and oxygen atoms in total. The molecule has 0 bridgehead atoms. The first-order valence-electron chi connectivity index (χ1n) is 9.46. The molecule has 0 radical (unpaired) electrons. The minimum atomic E-state index is -0.100. The second kappa shape index (κ2) is 7.48. The molecule has 1 aliphatic heterocycles. The van der Waals surface area contributed by atoms with Gasteiger partial charge in [-0.1, -0.05) is 30.3 Å². The number of aryl methyl sites for hydroxylation is 1. The van der Waals surface area contributed by atoms with Gasteiger partial charge in [-0.05, 0) is 31.9 Å². The number of rotatable bonds is 5. The van der Waals surface area contributed by atoms with Crippen molar-refractivity contribution in [2.24, 2.45) is 5.92 Å². The Kier molecular flexibility index (Phi) is 4.90. The van der Waals surface area contributed by atoms with Crippen LogP contribution >= 0.6 is 0 Å². The van der Waals surface area contributed by atoms with Crippen LogP contribution in [0.4, 0.5) is 0 Å². The highest BCUT2D eigenvalue weighted by Gasteiger charge is 2.26. The van der Waals surface area contributed by atoms with Crippen LogP contribution in [0.5, 0.6) is 0 Å². The summed E-state index contributed by atoms with van der Waals surface area (Å²) in [6.07, 6.45) is 2.43. The lowest BCUT2D eigenvalue weighted by Crippen LogP contribution is -2.39. The third-order valence-corrected chi connectivity index (χ3v) is 5.20. The Morgan fingerprint density at radius 1 is 1.26 bits per heavy atom. The molecule has 1 aliphatic rings. The van der Waals surface area contributed by atoms with Gasteiger partial charge in [0.1, 0.15) is 5.78 Å². The van der Waals surface area contributed by atoms with Gasteiger partial charge in [0, 0.05) is 43.3 Å². The van der Waals surface area contributed by atoms with Crippen molar-refractivity contribution in [1.29, 1.82) is 0 Å². The lowest BCUT2D eigenvalue weighted by atomic mass is 9.90. The first kappa shape index (κ1) is 17.7. The van der Waals surface area contributed by atoms with Crippen molar-refractivity contribution in [3.05, 3.63) is 69.8 Å². The first-order valence-corrected chi connectivity index (χ1v) is 9.46. The van der Waals surface area contributed by atoms with E-state index in [1.54, 1.807) is 6.07 Å². The Hall–Kier alpha value is -2.73. The number of hydrogen-bond acceptors (Lipinski definition) is 4. The van der Waals surface area contributed by atoms with E-state index in [-0.39, 0.29) is 11.5 Å². The fraction of sp³-hybridized carbons (Fsp3) is 0.381. The maximum Gasteiger partial charge on any atom is 0.272 e. The molecule has 6 heteroatoms. The van der Waals surface area contributed by atoms with E-state index in [1.165, 1.54) is 4.52 Å². The number of ketones is 1. The highest BCUT2D eigenvalue weighted by molar-refractivity contribution is 5.83. The number of piperidine rings is 1. The molecule has 27 heavy (non-hydrogen) atoms. The highest BCUT2D eigenvalue weighted by atomic mass is 16.1. The van der Waals surface area contributed by atoms with Crippen molar-refractivity contribution < 1.29 is 4.79 Å². The Balaban J connectivity index is 1.44. The number of nitrogens with one attached hydrogen (secondary N) is 1. The summed E-state index contributed by atoms with van der Waals surface area (Å²) in [5, 5.41) is 2.99. The van der Waals surface area contributed by atoms with Crippen LogP contribution in [0, 0.1) is 12.8 Å². The molecule has 1 atom stereocenters. The molecule has 1 fully saturated rings. The second-order valence-corrected chi connectivity index (χ2v) is 7.42. The summed E-state index contributed by atoms with van der Waals surface area (Å²) in [5.74, 6) is 0.355. The number of aromatic amines is 1. The second-order valence-electron chi connectivity index (χ2n) is 7.42. The molecule has 1 N–H and O–H groups in total. The van der Waals surface area contributed by atoms with Crippen molar-refractivity contribution in [3.63, 3.8) is 0 Å². The Labute approximate surface area is 157 Å². The molecule has 0 spiro atoms. The van der Waals surface area contributed by atoms with E-state index in [1.807, 2.05) is 43.3 Å². The third-order valence-electron chi connectivity index (χ3n) is 5.20. The van der Waals surface area contributed by atoms with Crippen molar-refractivity contribution in [3.8, 4) is 0 Å². The van der Waals surface area contributed by atoms with Crippen molar-refractivity contribution >= 4 is 11.4 Å². The van der Waals surface area contributed by atoms with Gasteiger partial charge in [0.25, 0.3) is 5.56 Å². The van der Waals surface area contributed by atoms with Crippen LogP contribution in [0.15, 0.2) is 47.3 Å². The van der Waals surface area contributed by atoms with E-state index in [0.717, 1.165) is 42.9 Å². The number of carbonyl (C=O) groups excluding carboxylic acids is 1. The number of H-pyrrole nitrogens is 1. The largest absolute Gasteiger partial charge is 0.299 e. The topological polar surface area (TPSA) is 70.5 Å². The monoisotopic (exact) mass is 364 g/mol. The predicted octanol–water partition coefficient (Wildman–Crippen LogP) is 2.35. The van der Waals surface area contributed by atoms with Crippen LogP contribution in [-0.4, -0.2) is 38.4 Å². The van der Waals surface area contributed by atoms with Gasteiger partial charge in [0.15, 0.2) is 5.65 Å². The number of hydrogen-bond donors (Lipinski definition) is 1. The molecule has 1 aromatic carbocycles. The van der Waals surface area contributed by atoms with Crippen molar-refractivity contribution in [1.82, 2.24) is 19.5 Å². The summed E-state index contributed by atoms with van der Waals surface area (Å²) < 4.78 is 1.46. The van der Waals surface area contributed by atoms with Crippen LogP contribution in [-0.2, 0) is 17.8 Å². The van der Waals surface area contributed by atoms with E-state index in [9.17, 15) is 9.59 Å². The van der Waals surface area contributed by atoms with E-state index in [4.69, 9.17) is 0 Å². The summed E-state index contributed by atoms with van der Waals surface area (Å²) in [6.45, 7) is 4.17. The zero-order valence-corrected chi connectivity index (χ0v) is 15.5. The zero-order valence-electron chi connectivity index (χ0n) is 15.5. The van der Waals surface area contributed by atoms with Gasteiger partial charge < -0.3 is 0 Å². The van der Waals surface area contributed by atoms with E-state index >= 15 is 0 Å². The number of likely N-dealkylation sites (tertiary alicyclic amines) is 1. The number of aromatic nitrogens is 3. The molecule has 1 saturated heterocycles. The molecule has 0 unspecified atom stereocenters. The molecule has 0 amide bonds. The normalized spacial score (nSPS) is 18.0. The molecule has 0 saturated carbocycles. The Bertz CT molecular complexity index is 1010.